The molecule has 1 aromatic rings. The van der Waals surface area contributed by atoms with Crippen molar-refractivity contribution in [1.82, 2.24) is 5.32 Å². The Morgan fingerprint density at radius 3 is 2.33 bits per heavy atom. The highest BCUT2D eigenvalue weighted by Crippen LogP contribution is 2.21. The van der Waals surface area contributed by atoms with E-state index in [0.29, 0.717) is 6.07 Å². The van der Waals surface area contributed by atoms with Gasteiger partial charge in [-0.1, -0.05) is 0 Å². The summed E-state index contributed by atoms with van der Waals surface area (Å²) in [5, 5.41) is 12.7. The number of nitrogens with zero attached hydrogens (tertiary/aromatic N) is 1. The van der Waals surface area contributed by atoms with Crippen LogP contribution >= 0.6 is 0 Å². The van der Waals surface area contributed by atoms with Gasteiger partial charge in [0.25, 0.3) is 5.91 Å². The Morgan fingerprint density at radius 2 is 1.78 bits per heavy atom. The second kappa shape index (κ2) is 10.1. The molecule has 1 amide bonds. The van der Waals surface area contributed by atoms with Gasteiger partial charge in [-0.2, -0.15) is 4.39 Å². The lowest BCUT2D eigenvalue weighted by atomic mass is 10.1. The maximum Gasteiger partial charge on any atom is 0.328 e. The zero-order chi connectivity index (χ0) is 20.6. The van der Waals surface area contributed by atoms with Crippen LogP contribution in [0.5, 0.6) is 0 Å². The van der Waals surface area contributed by atoms with Crippen LogP contribution in [0.4, 0.5) is 14.5 Å². The maximum atomic E-state index is 13.9. The van der Waals surface area contributed by atoms with Gasteiger partial charge in [0, 0.05) is 6.42 Å². The number of rotatable bonds is 9. The number of hydrogen-bond donors (Lipinski definition) is 1. The highest BCUT2D eigenvalue weighted by atomic mass is 19.1. The molecule has 0 bridgehead atoms. The number of amides is 1. The molecule has 27 heavy (non-hydrogen) atoms. The van der Waals surface area contributed by atoms with Crippen LogP contribution in [0.2, 0.25) is 0 Å². The summed E-state index contributed by atoms with van der Waals surface area (Å²) in [6.45, 7) is 3.23. The summed E-state index contributed by atoms with van der Waals surface area (Å²) in [6.07, 6.45) is -0.421. The molecule has 1 N–H and O–H groups in total. The fourth-order valence-corrected chi connectivity index (χ4v) is 2.07. The van der Waals surface area contributed by atoms with Gasteiger partial charge in [0.05, 0.1) is 29.8 Å². The molecule has 0 spiro atoms. The lowest BCUT2D eigenvalue weighted by Gasteiger charge is -2.17. The predicted octanol–water partition coefficient (Wildman–Crippen LogP) is 1.88. The van der Waals surface area contributed by atoms with Crippen LogP contribution in [-0.2, 0) is 19.1 Å². The Kier molecular flexibility index (Phi) is 8.24. The van der Waals surface area contributed by atoms with Crippen molar-refractivity contribution in [2.75, 3.05) is 13.2 Å². The van der Waals surface area contributed by atoms with Gasteiger partial charge in [-0.05, 0) is 26.3 Å². The molecule has 9 nitrogen and oxygen atoms in total. The third-order valence-electron chi connectivity index (χ3n) is 3.30. The third-order valence-corrected chi connectivity index (χ3v) is 3.30. The highest BCUT2D eigenvalue weighted by Gasteiger charge is 2.27. The molecular formula is C16H18F2N2O7. The van der Waals surface area contributed by atoms with E-state index in [9.17, 15) is 33.3 Å². The van der Waals surface area contributed by atoms with Gasteiger partial charge in [-0.3, -0.25) is 19.7 Å². The first-order chi connectivity index (χ1) is 12.7. The number of halogens is 2. The van der Waals surface area contributed by atoms with Gasteiger partial charge in [0.1, 0.15) is 11.9 Å². The monoisotopic (exact) mass is 388 g/mol. The Bertz CT molecular complexity index is 740. The molecule has 1 unspecified atom stereocenters. The average molecular weight is 388 g/mol. The van der Waals surface area contributed by atoms with Crippen LogP contribution in [-0.4, -0.2) is 42.0 Å². The summed E-state index contributed by atoms with van der Waals surface area (Å²) in [4.78, 5) is 45.0. The summed E-state index contributed by atoms with van der Waals surface area (Å²) >= 11 is 0. The molecule has 0 heterocycles. The van der Waals surface area contributed by atoms with Crippen LogP contribution in [0.1, 0.15) is 37.0 Å². The van der Waals surface area contributed by atoms with E-state index in [0.717, 1.165) is 0 Å². The lowest BCUT2D eigenvalue weighted by molar-refractivity contribution is -0.387. The molecule has 11 heteroatoms. The minimum Gasteiger partial charge on any atom is -0.466 e. The predicted molar refractivity (Wildman–Crippen MR) is 86.8 cm³/mol. The van der Waals surface area contributed by atoms with E-state index in [4.69, 9.17) is 9.47 Å². The zero-order valence-electron chi connectivity index (χ0n) is 14.6. The van der Waals surface area contributed by atoms with Crippen LogP contribution in [0, 0.1) is 21.7 Å². The first kappa shape index (κ1) is 21.9. The number of nitro groups is 1. The van der Waals surface area contributed by atoms with E-state index >= 15 is 0 Å². The Hall–Kier alpha value is -3.11. The SMILES string of the molecule is CCOC(=O)CCC(NC(=O)c1cc(F)c([N+](=O)[O-])cc1F)C(=O)OCC. The van der Waals surface area contributed by atoms with Gasteiger partial charge in [-0.25, -0.2) is 9.18 Å². The molecule has 0 radical (unpaired) electrons. The molecule has 0 aromatic heterocycles. The van der Waals surface area contributed by atoms with Crippen molar-refractivity contribution in [2.24, 2.45) is 0 Å². The van der Waals surface area contributed by atoms with Crippen molar-refractivity contribution < 1.29 is 37.6 Å². The quantitative estimate of drug-likeness (QED) is 0.389. The minimum absolute atomic E-state index is 0.00880. The van der Waals surface area contributed by atoms with Crippen LogP contribution in [0.3, 0.4) is 0 Å². The standard InChI is InChI=1S/C16H18F2N2O7/c1-3-26-14(21)6-5-12(16(23)27-4-2)19-15(22)9-7-11(18)13(20(24)25)8-10(9)17/h7-8,12H,3-6H2,1-2H3,(H,19,22). The van der Waals surface area contributed by atoms with Crippen molar-refractivity contribution in [3.8, 4) is 0 Å². The number of nitro benzene ring substituents is 1. The van der Waals surface area contributed by atoms with E-state index < -0.39 is 51.7 Å². The first-order valence-electron chi connectivity index (χ1n) is 7.97. The topological polar surface area (TPSA) is 125 Å². The highest BCUT2D eigenvalue weighted by molar-refractivity contribution is 5.97. The van der Waals surface area contributed by atoms with Crippen LogP contribution < -0.4 is 5.32 Å². The van der Waals surface area contributed by atoms with Crippen molar-refractivity contribution >= 4 is 23.5 Å². The average Bonchev–Trinajstić information content (AvgIpc) is 2.60. The van der Waals surface area contributed by atoms with Gasteiger partial charge in [0.2, 0.25) is 5.82 Å². The molecule has 1 atom stereocenters. The number of carbonyl (C=O) groups excluding carboxylic acids is 3. The molecule has 1 aromatic carbocycles. The Morgan fingerprint density at radius 1 is 1.15 bits per heavy atom. The van der Waals surface area contributed by atoms with E-state index in [-0.39, 0.29) is 32.1 Å². The number of carbonyl (C=O) groups is 3. The molecule has 0 aliphatic carbocycles. The molecule has 1 rings (SSSR count). The first-order valence-corrected chi connectivity index (χ1v) is 7.97. The van der Waals surface area contributed by atoms with E-state index in [2.05, 4.69) is 5.32 Å². The van der Waals surface area contributed by atoms with Crippen molar-refractivity contribution in [3.63, 3.8) is 0 Å². The van der Waals surface area contributed by atoms with E-state index in [1.54, 1.807) is 6.92 Å². The summed E-state index contributed by atoms with van der Waals surface area (Å²) in [6, 6.07) is -0.696. The molecule has 0 fully saturated rings. The number of hydrogen-bond acceptors (Lipinski definition) is 7. The number of esters is 2. The second-order valence-corrected chi connectivity index (χ2v) is 5.16. The third kappa shape index (κ3) is 6.28. The smallest absolute Gasteiger partial charge is 0.328 e. The van der Waals surface area contributed by atoms with Crippen LogP contribution in [0.15, 0.2) is 12.1 Å². The molecule has 0 saturated heterocycles. The normalized spacial score (nSPS) is 11.4. The van der Waals surface area contributed by atoms with E-state index in [1.807, 2.05) is 0 Å². The van der Waals surface area contributed by atoms with Gasteiger partial charge in [-0.15, -0.1) is 0 Å². The molecular weight excluding hydrogens is 370 g/mol. The molecule has 0 aliphatic rings. The van der Waals surface area contributed by atoms with Crippen molar-refractivity contribution in [3.05, 3.63) is 39.4 Å². The Labute approximate surface area is 152 Å². The summed E-state index contributed by atoms with van der Waals surface area (Å²) in [5.41, 5.74) is -1.96. The number of benzene rings is 1. The largest absolute Gasteiger partial charge is 0.466 e. The number of nitrogens with one attached hydrogen (secondary N) is 1. The van der Waals surface area contributed by atoms with E-state index in [1.165, 1.54) is 6.92 Å². The fourth-order valence-electron chi connectivity index (χ4n) is 2.07. The van der Waals surface area contributed by atoms with Gasteiger partial charge in [0.15, 0.2) is 0 Å². The van der Waals surface area contributed by atoms with Gasteiger partial charge < -0.3 is 14.8 Å². The van der Waals surface area contributed by atoms with Crippen molar-refractivity contribution in [1.29, 1.82) is 0 Å². The summed E-state index contributed by atoms with van der Waals surface area (Å²) < 4.78 is 37.1. The van der Waals surface area contributed by atoms with Crippen LogP contribution in [0.25, 0.3) is 0 Å². The van der Waals surface area contributed by atoms with Gasteiger partial charge >= 0.3 is 17.6 Å². The molecule has 0 saturated carbocycles. The number of ether oxygens (including phenoxy) is 2. The minimum atomic E-state index is -1.41. The maximum absolute atomic E-state index is 13.9. The summed E-state index contributed by atoms with van der Waals surface area (Å²) in [7, 11) is 0. The summed E-state index contributed by atoms with van der Waals surface area (Å²) in [5.74, 6) is -5.44. The second-order valence-electron chi connectivity index (χ2n) is 5.16. The zero-order valence-corrected chi connectivity index (χ0v) is 14.6. The fraction of sp³-hybridized carbons (Fsp3) is 0.438. The molecule has 0 aliphatic heterocycles. The lowest BCUT2D eigenvalue weighted by Crippen LogP contribution is -2.42. The molecule has 148 valence electrons. The van der Waals surface area contributed by atoms with Crippen molar-refractivity contribution in [2.45, 2.75) is 32.7 Å². The Balaban J connectivity index is 2.98.